The summed E-state index contributed by atoms with van der Waals surface area (Å²) in [6.45, 7) is 2.17. The smallest absolute Gasteiger partial charge is 0.339 e. The Balaban J connectivity index is 2.29. The topological polar surface area (TPSA) is 88.8 Å². The first-order chi connectivity index (χ1) is 10.1. The molecule has 2 rings (SSSR count). The average molecular weight is 289 g/mol. The number of hydrogen-bond donors (Lipinski definition) is 2. The minimum atomic E-state index is -1.19. The zero-order chi connectivity index (χ0) is 15.2. The van der Waals surface area contributed by atoms with Crippen molar-refractivity contribution in [1.29, 1.82) is 0 Å². The molecule has 0 saturated carbocycles. The summed E-state index contributed by atoms with van der Waals surface area (Å²) in [6, 6.07) is 8.13. The maximum Gasteiger partial charge on any atom is 0.339 e. The average Bonchev–Trinajstić information content (AvgIpc) is 2.98. The zero-order valence-electron chi connectivity index (χ0n) is 11.5. The summed E-state index contributed by atoms with van der Waals surface area (Å²) in [6.07, 6.45) is 1.53. The molecule has 0 bridgehead atoms. The van der Waals surface area contributed by atoms with Crippen molar-refractivity contribution >= 4 is 17.6 Å². The number of furan rings is 1. The van der Waals surface area contributed by atoms with Crippen LogP contribution in [0.5, 0.6) is 0 Å². The Morgan fingerprint density at radius 3 is 2.71 bits per heavy atom. The molecule has 2 N–H and O–H groups in total. The molecule has 0 aliphatic rings. The number of benzene rings is 1. The lowest BCUT2D eigenvalue weighted by molar-refractivity contribution is 0.0515. The van der Waals surface area contributed by atoms with Crippen LogP contribution in [0.4, 0.5) is 5.69 Å². The van der Waals surface area contributed by atoms with E-state index >= 15 is 0 Å². The second-order valence-electron chi connectivity index (χ2n) is 4.19. The van der Waals surface area contributed by atoms with E-state index in [2.05, 4.69) is 5.32 Å². The predicted molar refractivity (Wildman–Crippen MR) is 75.4 cm³/mol. The lowest BCUT2D eigenvalue weighted by Gasteiger charge is -2.12. The van der Waals surface area contributed by atoms with Gasteiger partial charge in [0.15, 0.2) is 0 Å². The van der Waals surface area contributed by atoms with Crippen molar-refractivity contribution in [3.05, 3.63) is 53.5 Å². The van der Waals surface area contributed by atoms with Crippen molar-refractivity contribution in [3.63, 3.8) is 0 Å². The van der Waals surface area contributed by atoms with Gasteiger partial charge in [0.2, 0.25) is 0 Å². The minimum Gasteiger partial charge on any atom is -0.478 e. The van der Waals surface area contributed by atoms with Crippen molar-refractivity contribution in [2.75, 3.05) is 11.9 Å². The highest BCUT2D eigenvalue weighted by Crippen LogP contribution is 2.22. The number of carboxylic acid groups (broad SMARTS) is 1. The second-order valence-corrected chi connectivity index (χ2v) is 4.19. The molecule has 1 aromatic heterocycles. The molecule has 0 fully saturated rings. The summed E-state index contributed by atoms with van der Waals surface area (Å²) in [7, 11) is 0. The Bertz CT molecular complexity index is 634. The number of hydrogen-bond acceptors (Lipinski definition) is 5. The summed E-state index contributed by atoms with van der Waals surface area (Å²) < 4.78 is 10.0. The molecule has 0 aliphatic heterocycles. The molecule has 0 aliphatic carbocycles. The zero-order valence-corrected chi connectivity index (χ0v) is 11.5. The molecule has 2 aromatic rings. The quantitative estimate of drug-likeness (QED) is 0.795. The first-order valence-corrected chi connectivity index (χ1v) is 6.43. The highest BCUT2D eigenvalue weighted by molar-refractivity contribution is 6.06. The Morgan fingerprint density at radius 1 is 1.29 bits per heavy atom. The van der Waals surface area contributed by atoms with E-state index in [4.69, 9.17) is 9.15 Å². The monoisotopic (exact) mass is 289 g/mol. The van der Waals surface area contributed by atoms with Gasteiger partial charge in [0.05, 0.1) is 30.5 Å². The molecular weight excluding hydrogens is 274 g/mol. The maximum atomic E-state index is 11.8. The summed E-state index contributed by atoms with van der Waals surface area (Å²) >= 11 is 0. The standard InChI is InChI=1S/C15H15NO5/c1-2-20-15(19)11-6-3-7-12(13(11)14(17)18)16-9-10-5-4-8-21-10/h3-8,16H,2,9H2,1H3,(H,17,18). The van der Waals surface area contributed by atoms with Crippen molar-refractivity contribution in [2.45, 2.75) is 13.5 Å². The van der Waals surface area contributed by atoms with Crippen LogP contribution in [-0.2, 0) is 11.3 Å². The number of anilines is 1. The number of ether oxygens (including phenoxy) is 1. The molecule has 110 valence electrons. The van der Waals surface area contributed by atoms with E-state index in [9.17, 15) is 14.7 Å². The van der Waals surface area contributed by atoms with Gasteiger partial charge in [0, 0.05) is 5.69 Å². The molecule has 0 spiro atoms. The number of carboxylic acids is 1. The van der Waals surface area contributed by atoms with Gasteiger partial charge in [-0.15, -0.1) is 0 Å². The van der Waals surface area contributed by atoms with E-state index in [-0.39, 0.29) is 17.7 Å². The summed E-state index contributed by atoms with van der Waals surface area (Å²) in [5.74, 6) is -1.19. The lowest BCUT2D eigenvalue weighted by atomic mass is 10.1. The van der Waals surface area contributed by atoms with Crippen LogP contribution in [0.3, 0.4) is 0 Å². The SMILES string of the molecule is CCOC(=O)c1cccc(NCc2ccco2)c1C(=O)O. The lowest BCUT2D eigenvalue weighted by Crippen LogP contribution is -2.14. The number of rotatable bonds is 6. The molecule has 1 heterocycles. The Labute approximate surface area is 121 Å². The van der Waals surface area contributed by atoms with Crippen LogP contribution in [0, 0.1) is 0 Å². The largest absolute Gasteiger partial charge is 0.478 e. The third-order valence-corrected chi connectivity index (χ3v) is 2.81. The third kappa shape index (κ3) is 3.42. The minimum absolute atomic E-state index is 0.0220. The second kappa shape index (κ2) is 6.60. The number of esters is 1. The van der Waals surface area contributed by atoms with Gasteiger partial charge in [-0.1, -0.05) is 6.07 Å². The molecule has 0 radical (unpaired) electrons. The summed E-state index contributed by atoms with van der Waals surface area (Å²) in [5.41, 5.74) is 0.251. The van der Waals surface area contributed by atoms with E-state index in [1.165, 1.54) is 12.3 Å². The van der Waals surface area contributed by atoms with E-state index in [0.29, 0.717) is 18.0 Å². The van der Waals surface area contributed by atoms with Gasteiger partial charge in [0.1, 0.15) is 5.76 Å². The van der Waals surface area contributed by atoms with Crippen LogP contribution in [0.15, 0.2) is 41.0 Å². The van der Waals surface area contributed by atoms with Gasteiger partial charge >= 0.3 is 11.9 Å². The van der Waals surface area contributed by atoms with Gasteiger partial charge in [-0.05, 0) is 31.2 Å². The van der Waals surface area contributed by atoms with Gasteiger partial charge in [0.25, 0.3) is 0 Å². The van der Waals surface area contributed by atoms with Crippen molar-refractivity contribution in [1.82, 2.24) is 0 Å². The van der Waals surface area contributed by atoms with E-state index in [0.717, 1.165) is 0 Å². The summed E-state index contributed by atoms with van der Waals surface area (Å²) in [4.78, 5) is 23.3. The fraction of sp³-hybridized carbons (Fsp3) is 0.200. The molecule has 1 aromatic carbocycles. The van der Waals surface area contributed by atoms with Gasteiger partial charge in [-0.3, -0.25) is 0 Å². The van der Waals surface area contributed by atoms with Crippen LogP contribution in [0.2, 0.25) is 0 Å². The van der Waals surface area contributed by atoms with Crippen molar-refractivity contribution < 1.29 is 23.8 Å². The molecule has 0 atom stereocenters. The molecular formula is C15H15NO5. The number of aromatic carboxylic acids is 1. The maximum absolute atomic E-state index is 11.8. The number of carbonyl (C=O) groups excluding carboxylic acids is 1. The Hall–Kier alpha value is -2.76. The normalized spacial score (nSPS) is 10.1. The highest BCUT2D eigenvalue weighted by atomic mass is 16.5. The Morgan fingerprint density at radius 2 is 2.10 bits per heavy atom. The van der Waals surface area contributed by atoms with Crippen molar-refractivity contribution in [3.8, 4) is 0 Å². The fourth-order valence-electron chi connectivity index (χ4n) is 1.90. The van der Waals surface area contributed by atoms with Crippen LogP contribution in [0.25, 0.3) is 0 Å². The molecule has 0 unspecified atom stereocenters. The van der Waals surface area contributed by atoms with Crippen molar-refractivity contribution in [2.24, 2.45) is 0 Å². The first kappa shape index (κ1) is 14.6. The van der Waals surface area contributed by atoms with E-state index in [1.54, 1.807) is 31.2 Å². The van der Waals surface area contributed by atoms with Crippen LogP contribution in [-0.4, -0.2) is 23.7 Å². The van der Waals surface area contributed by atoms with Crippen LogP contribution in [0.1, 0.15) is 33.4 Å². The van der Waals surface area contributed by atoms with Gasteiger partial charge in [-0.2, -0.15) is 0 Å². The summed E-state index contributed by atoms with van der Waals surface area (Å²) in [5, 5.41) is 12.3. The first-order valence-electron chi connectivity index (χ1n) is 6.43. The predicted octanol–water partition coefficient (Wildman–Crippen LogP) is 2.77. The molecule has 6 nitrogen and oxygen atoms in total. The molecule has 0 saturated heterocycles. The fourth-order valence-corrected chi connectivity index (χ4v) is 1.90. The Kier molecular flexibility index (Phi) is 4.61. The highest BCUT2D eigenvalue weighted by Gasteiger charge is 2.21. The van der Waals surface area contributed by atoms with Crippen LogP contribution >= 0.6 is 0 Å². The number of nitrogens with one attached hydrogen (secondary N) is 1. The molecule has 0 amide bonds. The third-order valence-electron chi connectivity index (χ3n) is 2.81. The number of carbonyl (C=O) groups is 2. The van der Waals surface area contributed by atoms with Gasteiger partial charge in [-0.25, -0.2) is 9.59 Å². The van der Waals surface area contributed by atoms with E-state index < -0.39 is 11.9 Å². The molecule has 21 heavy (non-hydrogen) atoms. The van der Waals surface area contributed by atoms with E-state index in [1.807, 2.05) is 0 Å². The van der Waals surface area contributed by atoms with Gasteiger partial charge < -0.3 is 19.6 Å². The molecule has 6 heteroatoms. The van der Waals surface area contributed by atoms with Crippen LogP contribution < -0.4 is 5.32 Å².